The predicted molar refractivity (Wildman–Crippen MR) is 122 cm³/mol. The van der Waals surface area contributed by atoms with Gasteiger partial charge >= 0.3 is 0 Å². The molecule has 1 heterocycles. The van der Waals surface area contributed by atoms with E-state index >= 15 is 0 Å². The SMILES string of the molecule is C[C@](CCn1cnc2cc(-c3ccc(CCO)cc3)c(F)cc2c1=O)(C(=O)CO)S(C)(=O)=O. The average molecular weight is 477 g/mol. The number of carbonyl (C=O) groups is 1. The minimum Gasteiger partial charge on any atom is -0.396 e. The van der Waals surface area contributed by atoms with Gasteiger partial charge in [0, 0.05) is 25.0 Å². The summed E-state index contributed by atoms with van der Waals surface area (Å²) < 4.78 is 38.4. The third-order valence-corrected chi connectivity index (χ3v) is 8.03. The van der Waals surface area contributed by atoms with Crippen LogP contribution < -0.4 is 5.56 Å². The third-order valence-electron chi connectivity index (χ3n) is 5.96. The zero-order valence-electron chi connectivity index (χ0n) is 18.3. The normalized spacial score (nSPS) is 13.7. The van der Waals surface area contributed by atoms with E-state index in [2.05, 4.69) is 4.98 Å². The van der Waals surface area contributed by atoms with Gasteiger partial charge in [-0.05, 0) is 43.0 Å². The maximum atomic E-state index is 14.9. The number of hydrogen-bond donors (Lipinski definition) is 2. The Labute approximate surface area is 190 Å². The summed E-state index contributed by atoms with van der Waals surface area (Å²) in [4.78, 5) is 29.2. The summed E-state index contributed by atoms with van der Waals surface area (Å²) in [7, 11) is -3.87. The molecule has 2 aromatic carbocycles. The number of aliphatic hydroxyl groups excluding tert-OH is 2. The molecule has 0 aliphatic rings. The second-order valence-electron chi connectivity index (χ2n) is 8.10. The van der Waals surface area contributed by atoms with Crippen LogP contribution >= 0.6 is 0 Å². The first-order chi connectivity index (χ1) is 15.5. The van der Waals surface area contributed by atoms with E-state index in [0.29, 0.717) is 12.0 Å². The largest absolute Gasteiger partial charge is 0.396 e. The van der Waals surface area contributed by atoms with E-state index in [9.17, 15) is 27.5 Å². The number of Topliss-reactive ketones (excluding diaryl/α,β-unsaturated/α-hetero) is 1. The lowest BCUT2D eigenvalue weighted by Crippen LogP contribution is -2.46. The first-order valence-electron chi connectivity index (χ1n) is 10.2. The van der Waals surface area contributed by atoms with Crippen molar-refractivity contribution in [3.63, 3.8) is 0 Å². The fourth-order valence-electron chi connectivity index (χ4n) is 3.57. The first kappa shape index (κ1) is 24.7. The quantitative estimate of drug-likeness (QED) is 0.479. The molecule has 0 spiro atoms. The lowest BCUT2D eigenvalue weighted by atomic mass is 10.0. The van der Waals surface area contributed by atoms with Crippen LogP contribution in [0.2, 0.25) is 0 Å². The number of nitrogens with zero attached hydrogens (tertiary/aromatic N) is 2. The molecule has 0 bridgehead atoms. The minimum atomic E-state index is -3.87. The molecule has 176 valence electrons. The van der Waals surface area contributed by atoms with Gasteiger partial charge in [-0.2, -0.15) is 0 Å². The van der Waals surface area contributed by atoms with Gasteiger partial charge in [-0.25, -0.2) is 17.8 Å². The summed E-state index contributed by atoms with van der Waals surface area (Å²) in [5, 5.41) is 18.2. The number of aliphatic hydroxyl groups is 2. The van der Waals surface area contributed by atoms with E-state index < -0.39 is 38.4 Å². The number of hydrogen-bond acceptors (Lipinski definition) is 7. The topological polar surface area (TPSA) is 127 Å². The molecule has 33 heavy (non-hydrogen) atoms. The number of benzene rings is 2. The molecular formula is C23H25FN2O6S. The zero-order chi connectivity index (χ0) is 24.4. The second-order valence-corrected chi connectivity index (χ2v) is 10.5. The minimum absolute atomic E-state index is 0.0113. The molecule has 0 aliphatic carbocycles. The molecule has 1 atom stereocenters. The fraction of sp³-hybridized carbons (Fsp3) is 0.348. The number of rotatable bonds is 9. The van der Waals surface area contributed by atoms with Crippen LogP contribution in [0.5, 0.6) is 0 Å². The smallest absolute Gasteiger partial charge is 0.261 e. The summed E-state index contributed by atoms with van der Waals surface area (Å²) in [5.74, 6) is -1.49. The lowest BCUT2D eigenvalue weighted by molar-refractivity contribution is -0.124. The monoisotopic (exact) mass is 476 g/mol. The van der Waals surface area contributed by atoms with Crippen LogP contribution in [0.3, 0.4) is 0 Å². The Bertz CT molecular complexity index is 1350. The van der Waals surface area contributed by atoms with Crippen molar-refractivity contribution < 1.29 is 27.8 Å². The third kappa shape index (κ3) is 4.87. The van der Waals surface area contributed by atoms with Crippen LogP contribution in [0.15, 0.2) is 47.5 Å². The summed E-state index contributed by atoms with van der Waals surface area (Å²) in [5.41, 5.74) is 1.46. The number of carbonyl (C=O) groups excluding carboxylic acids is 1. The van der Waals surface area contributed by atoms with E-state index in [1.807, 2.05) is 0 Å². The van der Waals surface area contributed by atoms with Gasteiger partial charge in [0.05, 0.1) is 17.2 Å². The van der Waals surface area contributed by atoms with E-state index in [1.54, 1.807) is 24.3 Å². The van der Waals surface area contributed by atoms with E-state index in [-0.39, 0.29) is 36.0 Å². The van der Waals surface area contributed by atoms with Crippen molar-refractivity contribution in [1.29, 1.82) is 0 Å². The fourth-order valence-corrected chi connectivity index (χ4v) is 4.51. The highest BCUT2D eigenvalue weighted by Crippen LogP contribution is 2.27. The van der Waals surface area contributed by atoms with Crippen molar-refractivity contribution >= 4 is 26.5 Å². The van der Waals surface area contributed by atoms with Crippen molar-refractivity contribution in [2.24, 2.45) is 0 Å². The van der Waals surface area contributed by atoms with Crippen LogP contribution in [0.1, 0.15) is 18.9 Å². The van der Waals surface area contributed by atoms with Gasteiger partial charge < -0.3 is 10.2 Å². The molecule has 1 aromatic heterocycles. The Morgan fingerprint density at radius 2 is 1.85 bits per heavy atom. The number of sulfone groups is 1. The number of aryl methyl sites for hydroxylation is 1. The molecule has 0 saturated carbocycles. The van der Waals surface area contributed by atoms with Gasteiger partial charge in [0.2, 0.25) is 0 Å². The Kier molecular flexibility index (Phi) is 7.11. The molecule has 0 aliphatic heterocycles. The van der Waals surface area contributed by atoms with Gasteiger partial charge in [0.15, 0.2) is 15.6 Å². The zero-order valence-corrected chi connectivity index (χ0v) is 19.1. The second kappa shape index (κ2) is 9.50. The summed E-state index contributed by atoms with van der Waals surface area (Å²) in [6.45, 7) is 0.117. The molecule has 0 radical (unpaired) electrons. The number of fused-ring (bicyclic) bond motifs is 1. The highest BCUT2D eigenvalue weighted by Gasteiger charge is 2.42. The van der Waals surface area contributed by atoms with Crippen LogP contribution in [0.4, 0.5) is 4.39 Å². The molecule has 3 aromatic rings. The van der Waals surface area contributed by atoms with Gasteiger partial charge in [-0.1, -0.05) is 24.3 Å². The highest BCUT2D eigenvalue weighted by atomic mass is 32.2. The lowest BCUT2D eigenvalue weighted by Gasteiger charge is -2.25. The summed E-state index contributed by atoms with van der Waals surface area (Å²) in [6, 6.07) is 9.57. The van der Waals surface area contributed by atoms with Crippen molar-refractivity contribution in [2.75, 3.05) is 19.5 Å². The Hall–Kier alpha value is -2.95. The van der Waals surface area contributed by atoms with Crippen LogP contribution in [0, 0.1) is 5.82 Å². The van der Waals surface area contributed by atoms with E-state index in [1.165, 1.54) is 19.3 Å². The van der Waals surface area contributed by atoms with E-state index in [4.69, 9.17) is 5.11 Å². The number of halogens is 1. The molecule has 10 heteroatoms. The van der Waals surface area contributed by atoms with Crippen molar-refractivity contribution in [1.82, 2.24) is 9.55 Å². The van der Waals surface area contributed by atoms with E-state index in [0.717, 1.165) is 22.5 Å². The Balaban J connectivity index is 1.96. The standard InChI is InChI=1S/C23H25FN2O6S/c1-23(21(29)13-28,33(2,31)32)8-9-26-14-25-20-12-17(19(24)11-18(20)22(26)30)16-5-3-15(4-6-16)7-10-27/h3-6,11-12,14,27-28H,7-10,13H2,1-2H3/t23-/m0/s1. The van der Waals surface area contributed by atoms with Crippen molar-refractivity contribution in [3.8, 4) is 11.1 Å². The van der Waals surface area contributed by atoms with Gasteiger partial charge in [-0.3, -0.25) is 14.2 Å². The van der Waals surface area contributed by atoms with Gasteiger partial charge in [0.25, 0.3) is 5.56 Å². The van der Waals surface area contributed by atoms with Crippen molar-refractivity contribution in [3.05, 3.63) is 64.5 Å². The molecular weight excluding hydrogens is 451 g/mol. The predicted octanol–water partition coefficient (Wildman–Crippen LogP) is 1.49. The average Bonchev–Trinajstić information content (AvgIpc) is 2.78. The molecule has 8 nitrogen and oxygen atoms in total. The summed E-state index contributed by atoms with van der Waals surface area (Å²) in [6.07, 6.45) is 2.36. The molecule has 2 N–H and O–H groups in total. The Morgan fingerprint density at radius 3 is 2.42 bits per heavy atom. The first-order valence-corrected chi connectivity index (χ1v) is 12.1. The van der Waals surface area contributed by atoms with Crippen LogP contribution in [0.25, 0.3) is 22.0 Å². The summed E-state index contributed by atoms with van der Waals surface area (Å²) >= 11 is 0. The highest BCUT2D eigenvalue weighted by molar-refractivity contribution is 7.92. The molecule has 3 rings (SSSR count). The maximum absolute atomic E-state index is 14.9. The van der Waals surface area contributed by atoms with Gasteiger partial charge in [0.1, 0.15) is 17.2 Å². The number of ketones is 1. The molecule has 0 amide bonds. The van der Waals surface area contributed by atoms with Crippen LogP contribution in [-0.4, -0.2) is 58.2 Å². The van der Waals surface area contributed by atoms with Crippen LogP contribution in [-0.2, 0) is 27.6 Å². The van der Waals surface area contributed by atoms with Gasteiger partial charge in [-0.15, -0.1) is 0 Å². The number of aromatic nitrogens is 2. The Morgan fingerprint density at radius 1 is 1.18 bits per heavy atom. The molecule has 0 fully saturated rings. The maximum Gasteiger partial charge on any atom is 0.261 e. The van der Waals surface area contributed by atoms with Crippen molar-refractivity contribution in [2.45, 2.75) is 31.1 Å². The molecule has 0 unspecified atom stereocenters. The molecule has 0 saturated heterocycles.